The Morgan fingerprint density at radius 3 is 2.87 bits per heavy atom. The van der Waals surface area contributed by atoms with Crippen molar-refractivity contribution in [3.8, 4) is 0 Å². The molecule has 1 rings (SSSR count). The maximum atomic E-state index is 10.5. The maximum Gasteiger partial charge on any atom is 0.307 e. The van der Waals surface area contributed by atoms with Crippen LogP contribution in [0.25, 0.3) is 0 Å². The molecule has 82 valence electrons. The van der Waals surface area contributed by atoms with Crippen molar-refractivity contribution in [2.45, 2.75) is 12.7 Å². The van der Waals surface area contributed by atoms with Crippen molar-refractivity contribution in [2.75, 3.05) is 5.75 Å². The number of aliphatic carboxylic acids is 1. The molecule has 1 aromatic heterocycles. The summed E-state index contributed by atoms with van der Waals surface area (Å²) in [6.07, 6.45) is 3.08. The fourth-order valence-electron chi connectivity index (χ4n) is 0.825. The number of thioether (sulfide) groups is 1. The van der Waals surface area contributed by atoms with Crippen molar-refractivity contribution in [3.05, 3.63) is 23.2 Å². The minimum Gasteiger partial charge on any atom is -0.481 e. The van der Waals surface area contributed by atoms with E-state index in [1.807, 2.05) is 0 Å². The van der Waals surface area contributed by atoms with Crippen molar-refractivity contribution >= 4 is 29.3 Å². The van der Waals surface area contributed by atoms with E-state index in [0.29, 0.717) is 16.7 Å². The Morgan fingerprint density at radius 1 is 1.60 bits per heavy atom. The predicted octanol–water partition coefficient (Wildman–Crippen LogP) is 2.08. The number of halogens is 1. The van der Waals surface area contributed by atoms with E-state index in [1.54, 1.807) is 13.1 Å². The van der Waals surface area contributed by atoms with Crippen molar-refractivity contribution in [1.29, 1.82) is 0 Å². The number of hydrogen-bond acceptors (Lipinski definition) is 4. The molecule has 0 aromatic carbocycles. The molecular weight excluding hydrogens is 236 g/mol. The molecule has 0 radical (unpaired) electrons. The van der Waals surface area contributed by atoms with Crippen LogP contribution in [0.1, 0.15) is 12.6 Å². The molecule has 6 heteroatoms. The fourth-order valence-corrected chi connectivity index (χ4v) is 1.89. The monoisotopic (exact) mass is 246 g/mol. The van der Waals surface area contributed by atoms with Crippen LogP contribution in [0.3, 0.4) is 0 Å². The van der Waals surface area contributed by atoms with Crippen LogP contribution >= 0.6 is 23.4 Å². The highest BCUT2D eigenvalue weighted by Gasteiger charge is 2.10. The normalized spacial score (nSPS) is 12.4. The van der Waals surface area contributed by atoms with E-state index in [0.717, 1.165) is 5.69 Å². The van der Waals surface area contributed by atoms with Crippen molar-refractivity contribution in [2.24, 2.45) is 5.92 Å². The highest BCUT2D eigenvalue weighted by molar-refractivity contribution is 7.98. The van der Waals surface area contributed by atoms with E-state index < -0.39 is 5.97 Å². The Morgan fingerprint density at radius 2 is 2.33 bits per heavy atom. The van der Waals surface area contributed by atoms with Gasteiger partial charge in [0.05, 0.1) is 24.0 Å². The fraction of sp³-hybridized carbons (Fsp3) is 0.444. The van der Waals surface area contributed by atoms with Gasteiger partial charge in [0.2, 0.25) is 0 Å². The lowest BCUT2D eigenvalue weighted by Crippen LogP contribution is -2.11. The van der Waals surface area contributed by atoms with E-state index in [1.165, 1.54) is 18.0 Å². The van der Waals surface area contributed by atoms with Gasteiger partial charge in [0, 0.05) is 11.5 Å². The SMILES string of the molecule is CC(CSCc1cnc(Cl)cn1)C(=O)O. The smallest absolute Gasteiger partial charge is 0.307 e. The molecule has 4 nitrogen and oxygen atoms in total. The predicted molar refractivity (Wildman–Crippen MR) is 60.0 cm³/mol. The number of aromatic nitrogens is 2. The van der Waals surface area contributed by atoms with Crippen LogP contribution in [0.15, 0.2) is 12.4 Å². The van der Waals surface area contributed by atoms with Crippen molar-refractivity contribution in [1.82, 2.24) is 9.97 Å². The highest BCUT2D eigenvalue weighted by Crippen LogP contribution is 2.14. The summed E-state index contributed by atoms with van der Waals surface area (Å²) in [6.45, 7) is 1.68. The highest BCUT2D eigenvalue weighted by atomic mass is 35.5. The van der Waals surface area contributed by atoms with E-state index in [2.05, 4.69) is 9.97 Å². The van der Waals surface area contributed by atoms with Crippen LogP contribution < -0.4 is 0 Å². The number of nitrogens with zero attached hydrogens (tertiary/aromatic N) is 2. The van der Waals surface area contributed by atoms with Gasteiger partial charge in [0.15, 0.2) is 0 Å². The summed E-state index contributed by atoms with van der Waals surface area (Å²) >= 11 is 7.10. The molecule has 1 heterocycles. The molecule has 0 amide bonds. The maximum absolute atomic E-state index is 10.5. The Balaban J connectivity index is 2.32. The molecule has 0 fully saturated rings. The van der Waals surface area contributed by atoms with Crippen molar-refractivity contribution in [3.63, 3.8) is 0 Å². The van der Waals surface area contributed by atoms with Gasteiger partial charge in [-0.05, 0) is 0 Å². The Labute approximate surface area is 97.1 Å². The molecule has 0 aliphatic carbocycles. The van der Waals surface area contributed by atoms with Crippen LogP contribution in [-0.2, 0) is 10.5 Å². The third-order valence-electron chi connectivity index (χ3n) is 1.71. The first-order valence-corrected chi connectivity index (χ1v) is 5.90. The lowest BCUT2D eigenvalue weighted by molar-refractivity contribution is -0.140. The Hall–Kier alpha value is -0.810. The largest absolute Gasteiger partial charge is 0.481 e. The number of carboxylic acid groups (broad SMARTS) is 1. The summed E-state index contributed by atoms with van der Waals surface area (Å²) in [7, 11) is 0. The minimum absolute atomic E-state index is 0.338. The second-order valence-corrected chi connectivity index (χ2v) is 4.50. The zero-order valence-electron chi connectivity index (χ0n) is 8.18. The number of carbonyl (C=O) groups is 1. The summed E-state index contributed by atoms with van der Waals surface area (Å²) < 4.78 is 0. The molecule has 1 atom stereocenters. The van der Waals surface area contributed by atoms with Gasteiger partial charge in [-0.1, -0.05) is 18.5 Å². The first-order valence-electron chi connectivity index (χ1n) is 4.36. The van der Waals surface area contributed by atoms with Gasteiger partial charge in [0.1, 0.15) is 5.15 Å². The third kappa shape index (κ3) is 4.48. The summed E-state index contributed by atoms with van der Waals surface area (Å²) in [5, 5.41) is 9.02. The van der Waals surface area contributed by atoms with Gasteiger partial charge in [0.25, 0.3) is 0 Å². The van der Waals surface area contributed by atoms with E-state index in [4.69, 9.17) is 16.7 Å². The van der Waals surface area contributed by atoms with E-state index in [-0.39, 0.29) is 5.92 Å². The second kappa shape index (κ2) is 5.92. The molecule has 1 unspecified atom stereocenters. The van der Waals surface area contributed by atoms with Gasteiger partial charge in [-0.25, -0.2) is 4.98 Å². The summed E-state index contributed by atoms with van der Waals surface area (Å²) in [6, 6.07) is 0. The summed E-state index contributed by atoms with van der Waals surface area (Å²) in [5.74, 6) is 0.112. The van der Waals surface area contributed by atoms with Gasteiger partial charge < -0.3 is 5.11 Å². The third-order valence-corrected chi connectivity index (χ3v) is 3.14. The van der Waals surface area contributed by atoms with Crippen LogP contribution in [0, 0.1) is 5.92 Å². The Bertz CT molecular complexity index is 331. The number of carboxylic acids is 1. The topological polar surface area (TPSA) is 63.1 Å². The zero-order chi connectivity index (χ0) is 11.3. The lowest BCUT2D eigenvalue weighted by Gasteiger charge is -2.04. The standard InChI is InChI=1S/C9H11ClN2O2S/c1-6(9(13)14)4-15-5-7-2-12-8(10)3-11-7/h2-3,6H,4-5H2,1H3,(H,13,14). The van der Waals surface area contributed by atoms with Crippen LogP contribution in [-0.4, -0.2) is 26.8 Å². The molecule has 0 saturated heterocycles. The molecule has 0 aliphatic heterocycles. The van der Waals surface area contributed by atoms with E-state index >= 15 is 0 Å². The van der Waals surface area contributed by atoms with Crippen molar-refractivity contribution < 1.29 is 9.90 Å². The lowest BCUT2D eigenvalue weighted by atomic mass is 10.2. The molecule has 15 heavy (non-hydrogen) atoms. The quantitative estimate of drug-likeness (QED) is 0.862. The second-order valence-electron chi connectivity index (χ2n) is 3.08. The average Bonchev–Trinajstić information content (AvgIpc) is 2.20. The molecule has 0 aliphatic rings. The van der Waals surface area contributed by atoms with E-state index in [9.17, 15) is 4.79 Å². The zero-order valence-corrected chi connectivity index (χ0v) is 9.75. The molecule has 0 saturated carbocycles. The average molecular weight is 247 g/mol. The summed E-state index contributed by atoms with van der Waals surface area (Å²) in [4.78, 5) is 18.5. The molecule has 0 spiro atoms. The van der Waals surface area contributed by atoms with Gasteiger partial charge in [-0.3, -0.25) is 9.78 Å². The van der Waals surface area contributed by atoms with Gasteiger partial charge >= 0.3 is 5.97 Å². The van der Waals surface area contributed by atoms with Crippen LogP contribution in [0.5, 0.6) is 0 Å². The Kier molecular flexibility index (Phi) is 4.84. The summed E-state index contributed by atoms with van der Waals surface area (Å²) in [5.41, 5.74) is 0.807. The first kappa shape index (κ1) is 12.3. The van der Waals surface area contributed by atoms with Crippen LogP contribution in [0.2, 0.25) is 5.15 Å². The number of hydrogen-bond donors (Lipinski definition) is 1. The van der Waals surface area contributed by atoms with Gasteiger partial charge in [-0.15, -0.1) is 0 Å². The minimum atomic E-state index is -0.773. The van der Waals surface area contributed by atoms with Crippen LogP contribution in [0.4, 0.5) is 0 Å². The number of rotatable bonds is 5. The van der Waals surface area contributed by atoms with Gasteiger partial charge in [-0.2, -0.15) is 11.8 Å². The molecule has 1 N–H and O–H groups in total. The first-order chi connectivity index (χ1) is 7.09. The molecule has 0 bridgehead atoms. The molecule has 1 aromatic rings. The molecular formula is C9H11ClN2O2S.